The van der Waals surface area contributed by atoms with Gasteiger partial charge in [-0.3, -0.25) is 4.68 Å². The van der Waals surface area contributed by atoms with E-state index in [1.54, 1.807) is 14.0 Å². The Labute approximate surface area is 94.1 Å². The lowest BCUT2D eigenvalue weighted by Crippen LogP contribution is -2.18. The molecule has 0 aliphatic carbocycles. The van der Waals surface area contributed by atoms with Crippen LogP contribution in [-0.4, -0.2) is 30.5 Å². The van der Waals surface area contributed by atoms with Crippen LogP contribution in [0.25, 0.3) is 0 Å². The fourth-order valence-corrected chi connectivity index (χ4v) is 2.85. The average Bonchev–Trinajstić information content (AvgIpc) is 2.32. The van der Waals surface area contributed by atoms with Gasteiger partial charge < -0.3 is 5.73 Å². The summed E-state index contributed by atoms with van der Waals surface area (Å²) >= 11 is 5.94. The van der Waals surface area contributed by atoms with Crippen molar-refractivity contribution in [3.05, 3.63) is 16.4 Å². The summed E-state index contributed by atoms with van der Waals surface area (Å²) in [6, 6.07) is 0. The van der Waals surface area contributed by atoms with Crippen LogP contribution in [0.15, 0.2) is 0 Å². The average molecular weight is 252 g/mol. The first kappa shape index (κ1) is 12.5. The summed E-state index contributed by atoms with van der Waals surface area (Å²) in [6.45, 7) is 1.86. The molecule has 7 heteroatoms. The molecule has 0 saturated carbocycles. The Morgan fingerprint density at radius 1 is 1.53 bits per heavy atom. The number of nitrogens with zero attached hydrogens (tertiary/aromatic N) is 2. The molecule has 1 heterocycles. The minimum atomic E-state index is -3.19. The molecular weight excluding hydrogens is 238 g/mol. The minimum absolute atomic E-state index is 0.0342. The number of nitrogens with two attached hydrogens (primary N) is 1. The van der Waals surface area contributed by atoms with E-state index in [1.807, 2.05) is 0 Å². The molecule has 1 aromatic rings. The highest BCUT2D eigenvalue weighted by Crippen LogP contribution is 2.21. The monoisotopic (exact) mass is 251 g/mol. The van der Waals surface area contributed by atoms with Crippen molar-refractivity contribution in [1.82, 2.24) is 9.78 Å². The molecule has 1 rings (SSSR count). The fourth-order valence-electron chi connectivity index (χ4n) is 1.30. The van der Waals surface area contributed by atoms with E-state index in [0.717, 1.165) is 0 Å². The second-order valence-electron chi connectivity index (χ2n) is 3.35. The number of aromatic nitrogens is 2. The summed E-state index contributed by atoms with van der Waals surface area (Å²) in [5, 5.41) is 4.46. The molecule has 0 unspecified atom stereocenters. The van der Waals surface area contributed by atoms with Gasteiger partial charge in [0.2, 0.25) is 0 Å². The first-order valence-corrected chi connectivity index (χ1v) is 6.66. The van der Waals surface area contributed by atoms with Crippen LogP contribution in [0.2, 0.25) is 5.02 Å². The van der Waals surface area contributed by atoms with Gasteiger partial charge in [-0.05, 0) is 6.92 Å². The van der Waals surface area contributed by atoms with Crippen LogP contribution in [0.1, 0.15) is 11.4 Å². The smallest absolute Gasteiger partial charge is 0.157 e. The van der Waals surface area contributed by atoms with Gasteiger partial charge in [0, 0.05) is 13.6 Å². The number of sulfone groups is 1. The van der Waals surface area contributed by atoms with Crippen molar-refractivity contribution in [3.8, 4) is 0 Å². The van der Waals surface area contributed by atoms with Gasteiger partial charge in [-0.2, -0.15) is 5.10 Å². The van der Waals surface area contributed by atoms with Crippen molar-refractivity contribution in [3.63, 3.8) is 0 Å². The number of rotatable bonds is 4. The van der Waals surface area contributed by atoms with Crippen LogP contribution in [0.5, 0.6) is 0 Å². The van der Waals surface area contributed by atoms with Crippen molar-refractivity contribution in [2.24, 2.45) is 12.8 Å². The predicted molar refractivity (Wildman–Crippen MR) is 59.5 cm³/mol. The summed E-state index contributed by atoms with van der Waals surface area (Å²) in [5.41, 5.74) is 6.37. The predicted octanol–water partition coefficient (Wildman–Crippen LogP) is 0.255. The van der Waals surface area contributed by atoms with Crippen LogP contribution >= 0.6 is 11.6 Å². The van der Waals surface area contributed by atoms with E-state index in [-0.39, 0.29) is 18.1 Å². The third-order valence-electron chi connectivity index (χ3n) is 2.05. The lowest BCUT2D eigenvalue weighted by Gasteiger charge is -2.03. The minimum Gasteiger partial charge on any atom is -0.329 e. The van der Waals surface area contributed by atoms with E-state index in [4.69, 9.17) is 17.3 Å². The highest BCUT2D eigenvalue weighted by atomic mass is 35.5. The SMILES string of the molecule is Cc1nn(C)c(CS(=O)(=O)CCN)c1Cl. The second kappa shape index (κ2) is 4.51. The zero-order valence-corrected chi connectivity index (χ0v) is 10.3. The molecule has 0 spiro atoms. The Hall–Kier alpha value is -0.590. The fraction of sp³-hybridized carbons (Fsp3) is 0.625. The number of hydrogen-bond acceptors (Lipinski definition) is 4. The molecule has 0 fully saturated rings. The van der Waals surface area contributed by atoms with E-state index in [0.29, 0.717) is 16.4 Å². The lowest BCUT2D eigenvalue weighted by atomic mass is 10.4. The van der Waals surface area contributed by atoms with Gasteiger partial charge in [-0.25, -0.2) is 8.42 Å². The summed E-state index contributed by atoms with van der Waals surface area (Å²) in [4.78, 5) is 0. The van der Waals surface area contributed by atoms with Crippen molar-refractivity contribution in [2.75, 3.05) is 12.3 Å². The third kappa shape index (κ3) is 2.93. The Balaban J connectivity index is 2.99. The summed E-state index contributed by atoms with van der Waals surface area (Å²) in [7, 11) is -1.51. The van der Waals surface area contributed by atoms with Crippen LogP contribution in [0, 0.1) is 6.92 Å². The molecule has 86 valence electrons. The molecule has 1 aromatic heterocycles. The maximum atomic E-state index is 11.5. The van der Waals surface area contributed by atoms with Gasteiger partial charge in [0.05, 0.1) is 27.9 Å². The Morgan fingerprint density at radius 2 is 2.13 bits per heavy atom. The molecule has 0 aliphatic heterocycles. The first-order chi connectivity index (χ1) is 6.87. The molecule has 0 aromatic carbocycles. The van der Waals surface area contributed by atoms with Crippen molar-refractivity contribution in [2.45, 2.75) is 12.7 Å². The molecule has 15 heavy (non-hydrogen) atoms. The first-order valence-electron chi connectivity index (χ1n) is 4.46. The second-order valence-corrected chi connectivity index (χ2v) is 5.91. The molecule has 0 aliphatic rings. The summed E-state index contributed by atoms with van der Waals surface area (Å²) in [6.07, 6.45) is 0. The summed E-state index contributed by atoms with van der Waals surface area (Å²) < 4.78 is 24.6. The maximum absolute atomic E-state index is 11.5. The Bertz CT molecular complexity index is 453. The van der Waals surface area contributed by atoms with Crippen molar-refractivity contribution in [1.29, 1.82) is 0 Å². The van der Waals surface area contributed by atoms with E-state index < -0.39 is 9.84 Å². The number of aryl methyl sites for hydroxylation is 2. The molecule has 2 N–H and O–H groups in total. The van der Waals surface area contributed by atoms with Gasteiger partial charge in [-0.1, -0.05) is 11.6 Å². The molecule has 5 nitrogen and oxygen atoms in total. The molecule has 0 bridgehead atoms. The van der Waals surface area contributed by atoms with Gasteiger partial charge in [0.1, 0.15) is 0 Å². The van der Waals surface area contributed by atoms with E-state index in [9.17, 15) is 8.42 Å². The van der Waals surface area contributed by atoms with Crippen LogP contribution < -0.4 is 5.73 Å². The normalized spacial score (nSPS) is 12.0. The largest absolute Gasteiger partial charge is 0.329 e. The highest BCUT2D eigenvalue weighted by Gasteiger charge is 2.18. The molecule has 0 saturated heterocycles. The van der Waals surface area contributed by atoms with Gasteiger partial charge in [0.15, 0.2) is 9.84 Å². The van der Waals surface area contributed by atoms with Crippen molar-refractivity contribution >= 4 is 21.4 Å². The molecule has 0 amide bonds. The van der Waals surface area contributed by atoms with E-state index in [1.165, 1.54) is 4.68 Å². The molecule has 0 atom stereocenters. The van der Waals surface area contributed by atoms with Gasteiger partial charge >= 0.3 is 0 Å². The lowest BCUT2D eigenvalue weighted by molar-refractivity contribution is 0.591. The quantitative estimate of drug-likeness (QED) is 0.833. The summed E-state index contributed by atoms with van der Waals surface area (Å²) in [5.74, 6) is -0.145. The van der Waals surface area contributed by atoms with Gasteiger partial charge in [0.25, 0.3) is 0 Å². The Morgan fingerprint density at radius 3 is 2.53 bits per heavy atom. The zero-order chi connectivity index (χ0) is 11.6. The van der Waals surface area contributed by atoms with Gasteiger partial charge in [-0.15, -0.1) is 0 Å². The number of hydrogen-bond donors (Lipinski definition) is 1. The van der Waals surface area contributed by atoms with Crippen LogP contribution in [0.3, 0.4) is 0 Å². The standard InChI is InChI=1S/C8H14ClN3O2S/c1-6-8(9)7(12(2)11-6)5-15(13,14)4-3-10/h3-5,10H2,1-2H3. The topological polar surface area (TPSA) is 78.0 Å². The van der Waals surface area contributed by atoms with E-state index in [2.05, 4.69) is 5.10 Å². The van der Waals surface area contributed by atoms with Crippen LogP contribution in [0.4, 0.5) is 0 Å². The van der Waals surface area contributed by atoms with Crippen LogP contribution in [-0.2, 0) is 22.6 Å². The van der Waals surface area contributed by atoms with E-state index >= 15 is 0 Å². The number of halogens is 1. The zero-order valence-electron chi connectivity index (χ0n) is 8.70. The molecular formula is C8H14ClN3O2S. The highest BCUT2D eigenvalue weighted by molar-refractivity contribution is 7.90. The maximum Gasteiger partial charge on any atom is 0.157 e. The third-order valence-corrected chi connectivity index (χ3v) is 4.11. The molecule has 0 radical (unpaired) electrons. The Kier molecular flexibility index (Phi) is 3.75. The van der Waals surface area contributed by atoms with Crippen molar-refractivity contribution < 1.29 is 8.42 Å².